The molecule has 0 aliphatic rings. The van der Waals surface area contributed by atoms with E-state index in [1.54, 1.807) is 13.8 Å². The number of rotatable bonds is 8. The molecule has 2 unspecified atom stereocenters. The van der Waals surface area contributed by atoms with Gasteiger partial charge in [0.15, 0.2) is 11.5 Å². The first-order valence-electron chi connectivity index (χ1n) is 8.39. The molecule has 2 aromatic rings. The van der Waals surface area contributed by atoms with Crippen LogP contribution in [-0.4, -0.2) is 40.5 Å². The summed E-state index contributed by atoms with van der Waals surface area (Å²) >= 11 is 0. The number of ether oxygens (including phenoxy) is 1. The maximum atomic E-state index is 12.0. The molecule has 2 atom stereocenters. The Morgan fingerprint density at radius 3 is 2.56 bits per heavy atom. The Morgan fingerprint density at radius 2 is 1.88 bits per heavy atom. The summed E-state index contributed by atoms with van der Waals surface area (Å²) < 4.78 is 5.42. The Morgan fingerprint density at radius 1 is 1.20 bits per heavy atom. The molecule has 0 saturated carbocycles. The van der Waals surface area contributed by atoms with Crippen LogP contribution in [0.4, 0.5) is 0 Å². The number of hydrogen-bond acceptors (Lipinski definition) is 5. The monoisotopic (exact) mass is 346 g/mol. The molecule has 6 nitrogen and oxygen atoms in total. The van der Waals surface area contributed by atoms with Gasteiger partial charge in [-0.15, -0.1) is 0 Å². The number of benzene rings is 1. The lowest BCUT2D eigenvalue weighted by atomic mass is 10.1. The van der Waals surface area contributed by atoms with E-state index in [0.29, 0.717) is 17.9 Å². The van der Waals surface area contributed by atoms with Gasteiger partial charge in [0.05, 0.1) is 11.4 Å². The Kier molecular flexibility index (Phi) is 6.61. The van der Waals surface area contributed by atoms with Crippen molar-refractivity contribution >= 4 is 0 Å². The molecule has 2 rings (SSSR count). The zero-order valence-corrected chi connectivity index (χ0v) is 14.9. The summed E-state index contributed by atoms with van der Waals surface area (Å²) in [6, 6.07) is 10.3. The third-order valence-corrected chi connectivity index (χ3v) is 4.00. The standard InChI is InChI=1S/C19H26N2O4/c1-12(9-15-7-5-4-6-8-15)20-10-16(22)11-25-19-14(3)21-13(2)17(23)18(19)24/h4-8,12,16,20,22-23H,9-11H2,1-3H3,(H,21,24). The van der Waals surface area contributed by atoms with Crippen molar-refractivity contribution in [2.45, 2.75) is 39.3 Å². The topological polar surface area (TPSA) is 94.6 Å². The molecule has 136 valence electrons. The van der Waals surface area contributed by atoms with Gasteiger partial charge in [0, 0.05) is 12.6 Å². The van der Waals surface area contributed by atoms with Gasteiger partial charge in [0.25, 0.3) is 5.43 Å². The highest BCUT2D eigenvalue weighted by Crippen LogP contribution is 2.17. The molecule has 0 radical (unpaired) electrons. The van der Waals surface area contributed by atoms with Crippen LogP contribution in [0.2, 0.25) is 0 Å². The van der Waals surface area contributed by atoms with Crippen molar-refractivity contribution in [3.63, 3.8) is 0 Å². The van der Waals surface area contributed by atoms with Gasteiger partial charge in [-0.25, -0.2) is 0 Å². The van der Waals surface area contributed by atoms with Crippen LogP contribution in [0.15, 0.2) is 35.1 Å². The summed E-state index contributed by atoms with van der Waals surface area (Å²) in [4.78, 5) is 14.9. The predicted octanol–water partition coefficient (Wildman–Crippen LogP) is 1.66. The molecule has 0 aliphatic carbocycles. The van der Waals surface area contributed by atoms with E-state index in [1.165, 1.54) is 5.56 Å². The van der Waals surface area contributed by atoms with Gasteiger partial charge in [0.2, 0.25) is 0 Å². The molecule has 1 aromatic carbocycles. The number of aryl methyl sites for hydroxylation is 2. The second-order valence-corrected chi connectivity index (χ2v) is 6.35. The normalized spacial score (nSPS) is 13.4. The van der Waals surface area contributed by atoms with E-state index >= 15 is 0 Å². The van der Waals surface area contributed by atoms with Crippen LogP contribution >= 0.6 is 0 Å². The zero-order chi connectivity index (χ0) is 18.4. The minimum absolute atomic E-state index is 0.0303. The minimum atomic E-state index is -0.763. The SMILES string of the molecule is Cc1[nH]c(C)c(OCC(O)CNC(C)Cc2ccccc2)c(=O)c1O. The number of aromatic hydroxyl groups is 1. The molecule has 0 amide bonds. The lowest BCUT2D eigenvalue weighted by Crippen LogP contribution is -2.38. The van der Waals surface area contributed by atoms with Gasteiger partial charge in [0.1, 0.15) is 12.7 Å². The molecule has 0 fully saturated rings. The summed E-state index contributed by atoms with van der Waals surface area (Å²) in [5.74, 6) is -0.316. The fourth-order valence-corrected chi connectivity index (χ4v) is 2.63. The Hall–Kier alpha value is -2.31. The average Bonchev–Trinajstić information content (AvgIpc) is 2.59. The van der Waals surface area contributed by atoms with Crippen LogP contribution in [0.5, 0.6) is 11.5 Å². The van der Waals surface area contributed by atoms with E-state index in [-0.39, 0.29) is 24.1 Å². The summed E-state index contributed by atoms with van der Waals surface area (Å²) in [5.41, 5.74) is 1.58. The zero-order valence-electron chi connectivity index (χ0n) is 14.9. The number of H-pyrrole nitrogens is 1. The highest BCUT2D eigenvalue weighted by Gasteiger charge is 2.15. The number of hydrogen-bond donors (Lipinski definition) is 4. The number of aromatic nitrogens is 1. The van der Waals surface area contributed by atoms with Crippen LogP contribution in [0.25, 0.3) is 0 Å². The molecular weight excluding hydrogens is 320 g/mol. The van der Waals surface area contributed by atoms with Crippen LogP contribution in [0.3, 0.4) is 0 Å². The average molecular weight is 346 g/mol. The van der Waals surface area contributed by atoms with Gasteiger partial charge in [-0.2, -0.15) is 0 Å². The van der Waals surface area contributed by atoms with Crippen molar-refractivity contribution in [2.24, 2.45) is 0 Å². The summed E-state index contributed by atoms with van der Waals surface area (Å²) in [7, 11) is 0. The van der Waals surface area contributed by atoms with E-state index in [4.69, 9.17) is 4.74 Å². The van der Waals surface area contributed by atoms with Crippen LogP contribution < -0.4 is 15.5 Å². The predicted molar refractivity (Wildman–Crippen MR) is 97.3 cm³/mol. The quantitative estimate of drug-likeness (QED) is 0.583. The lowest BCUT2D eigenvalue weighted by molar-refractivity contribution is 0.103. The smallest absolute Gasteiger partial charge is 0.265 e. The second-order valence-electron chi connectivity index (χ2n) is 6.35. The number of aliphatic hydroxyl groups is 1. The van der Waals surface area contributed by atoms with Crippen molar-refractivity contribution in [1.82, 2.24) is 10.3 Å². The van der Waals surface area contributed by atoms with E-state index in [9.17, 15) is 15.0 Å². The molecule has 0 bridgehead atoms. The first kappa shape index (κ1) is 19.0. The summed E-state index contributed by atoms with van der Waals surface area (Å²) in [5, 5.41) is 23.0. The third kappa shape index (κ3) is 5.34. The number of aliphatic hydroxyl groups excluding tert-OH is 1. The molecule has 1 aromatic heterocycles. The molecule has 6 heteroatoms. The molecular formula is C19H26N2O4. The van der Waals surface area contributed by atoms with E-state index in [2.05, 4.69) is 22.4 Å². The van der Waals surface area contributed by atoms with E-state index in [1.807, 2.05) is 25.1 Å². The number of aromatic amines is 1. The molecule has 0 saturated heterocycles. The summed E-state index contributed by atoms with van der Waals surface area (Å²) in [6.45, 7) is 5.67. The first-order chi connectivity index (χ1) is 11.9. The van der Waals surface area contributed by atoms with Crippen molar-refractivity contribution in [1.29, 1.82) is 0 Å². The van der Waals surface area contributed by atoms with Crippen molar-refractivity contribution in [2.75, 3.05) is 13.2 Å². The fourth-order valence-electron chi connectivity index (χ4n) is 2.63. The molecule has 0 spiro atoms. The van der Waals surface area contributed by atoms with Gasteiger partial charge in [-0.3, -0.25) is 4.79 Å². The maximum absolute atomic E-state index is 12.0. The summed E-state index contributed by atoms with van der Waals surface area (Å²) in [6.07, 6.45) is 0.0967. The maximum Gasteiger partial charge on any atom is 0.265 e. The van der Waals surface area contributed by atoms with E-state index in [0.717, 1.165) is 6.42 Å². The molecule has 4 N–H and O–H groups in total. The largest absolute Gasteiger partial charge is 0.503 e. The number of nitrogens with one attached hydrogen (secondary N) is 2. The van der Waals surface area contributed by atoms with Gasteiger partial charge >= 0.3 is 0 Å². The lowest BCUT2D eigenvalue weighted by Gasteiger charge is -2.18. The fraction of sp³-hybridized carbons (Fsp3) is 0.421. The molecule has 25 heavy (non-hydrogen) atoms. The van der Waals surface area contributed by atoms with Gasteiger partial charge in [-0.05, 0) is 32.8 Å². The third-order valence-electron chi connectivity index (χ3n) is 4.00. The van der Waals surface area contributed by atoms with Crippen molar-refractivity contribution in [3.05, 3.63) is 57.5 Å². The highest BCUT2D eigenvalue weighted by molar-refractivity contribution is 5.38. The van der Waals surface area contributed by atoms with Gasteiger partial charge < -0.3 is 25.3 Å². The van der Waals surface area contributed by atoms with Gasteiger partial charge in [-0.1, -0.05) is 30.3 Å². The van der Waals surface area contributed by atoms with Crippen LogP contribution in [0.1, 0.15) is 23.9 Å². The highest BCUT2D eigenvalue weighted by atomic mass is 16.5. The first-order valence-corrected chi connectivity index (χ1v) is 8.39. The second kappa shape index (κ2) is 8.69. The number of pyridine rings is 1. The van der Waals surface area contributed by atoms with Crippen LogP contribution in [-0.2, 0) is 6.42 Å². The van der Waals surface area contributed by atoms with E-state index < -0.39 is 11.5 Å². The minimum Gasteiger partial charge on any atom is -0.503 e. The van der Waals surface area contributed by atoms with Crippen molar-refractivity contribution < 1.29 is 14.9 Å². The van der Waals surface area contributed by atoms with Crippen molar-refractivity contribution in [3.8, 4) is 11.5 Å². The Labute approximate surface area is 147 Å². The molecule has 1 heterocycles. The van der Waals surface area contributed by atoms with Crippen LogP contribution in [0, 0.1) is 13.8 Å². The molecule has 0 aliphatic heterocycles. The Bertz CT molecular complexity index is 743. The Balaban J connectivity index is 1.82.